The van der Waals surface area contributed by atoms with Crippen molar-refractivity contribution in [2.75, 3.05) is 38.8 Å². The zero-order valence-electron chi connectivity index (χ0n) is 18.5. The number of nitrogens with zero attached hydrogens (tertiary/aromatic N) is 3. The fourth-order valence-electron chi connectivity index (χ4n) is 4.14. The van der Waals surface area contributed by atoms with Crippen molar-refractivity contribution in [2.45, 2.75) is 19.3 Å². The first-order valence-electron chi connectivity index (χ1n) is 10.2. The predicted octanol–water partition coefficient (Wildman–Crippen LogP) is 4.24. The van der Waals surface area contributed by atoms with Crippen LogP contribution in [0.2, 0.25) is 0 Å². The molecule has 0 radical (unpaired) electrons. The fraction of sp³-hybridized carbons (Fsp3) is 0.333. The van der Waals surface area contributed by atoms with Crippen molar-refractivity contribution >= 4 is 23.4 Å². The van der Waals surface area contributed by atoms with Gasteiger partial charge in [0.05, 0.1) is 50.5 Å². The topological polar surface area (TPSA) is 75.0 Å². The molecule has 0 spiro atoms. The Morgan fingerprint density at radius 3 is 2.41 bits per heavy atom. The third-order valence-electron chi connectivity index (χ3n) is 5.75. The van der Waals surface area contributed by atoms with Crippen molar-refractivity contribution in [1.29, 1.82) is 5.26 Å². The number of hydrogen-bond donors (Lipinski definition) is 0. The van der Waals surface area contributed by atoms with Gasteiger partial charge in [-0.1, -0.05) is 23.9 Å². The van der Waals surface area contributed by atoms with Crippen LogP contribution in [0.4, 0.5) is 5.69 Å². The maximum absolute atomic E-state index is 13.2. The summed E-state index contributed by atoms with van der Waals surface area (Å²) in [5.41, 5.74) is 3.61. The van der Waals surface area contributed by atoms with Crippen molar-refractivity contribution in [1.82, 2.24) is 4.90 Å². The van der Waals surface area contributed by atoms with Crippen LogP contribution in [0, 0.1) is 18.3 Å². The van der Waals surface area contributed by atoms with Gasteiger partial charge in [0.2, 0.25) is 11.7 Å². The quantitative estimate of drug-likeness (QED) is 0.673. The van der Waals surface area contributed by atoms with Crippen LogP contribution in [-0.4, -0.2) is 44.7 Å². The first kappa shape index (κ1) is 21.9. The van der Waals surface area contributed by atoms with E-state index in [-0.39, 0.29) is 18.2 Å². The van der Waals surface area contributed by atoms with E-state index in [9.17, 15) is 10.1 Å². The number of nitriles is 1. The van der Waals surface area contributed by atoms with Gasteiger partial charge in [-0.05, 0) is 42.3 Å². The molecule has 4 rings (SSSR count). The zero-order chi connectivity index (χ0) is 22.8. The summed E-state index contributed by atoms with van der Waals surface area (Å²) in [5, 5.41) is 10.8. The molecule has 0 aromatic heterocycles. The Kier molecular flexibility index (Phi) is 6.19. The van der Waals surface area contributed by atoms with E-state index in [0.717, 1.165) is 16.3 Å². The van der Waals surface area contributed by atoms with Crippen LogP contribution in [0.1, 0.15) is 23.5 Å². The van der Waals surface area contributed by atoms with Crippen LogP contribution in [-0.2, 0) is 4.79 Å². The Bertz CT molecular complexity index is 1100. The highest BCUT2D eigenvalue weighted by molar-refractivity contribution is 8.03. The van der Waals surface area contributed by atoms with Gasteiger partial charge in [-0.25, -0.2) is 0 Å². The van der Waals surface area contributed by atoms with E-state index in [2.05, 4.69) is 17.0 Å². The second kappa shape index (κ2) is 9.05. The number of allylic oxidation sites excluding steroid dienone is 1. The number of thioether (sulfide) groups is 1. The van der Waals surface area contributed by atoms with Gasteiger partial charge in [-0.2, -0.15) is 5.26 Å². The van der Waals surface area contributed by atoms with Gasteiger partial charge >= 0.3 is 0 Å². The summed E-state index contributed by atoms with van der Waals surface area (Å²) in [7, 11) is 4.65. The molecule has 1 fully saturated rings. The monoisotopic (exact) mass is 451 g/mol. The number of aryl methyl sites for hydroxylation is 1. The van der Waals surface area contributed by atoms with Crippen molar-refractivity contribution in [3.63, 3.8) is 0 Å². The first-order chi connectivity index (χ1) is 15.5. The lowest BCUT2D eigenvalue weighted by molar-refractivity contribution is -0.129. The van der Waals surface area contributed by atoms with Gasteiger partial charge < -0.3 is 19.1 Å². The molecule has 1 amide bonds. The summed E-state index contributed by atoms with van der Waals surface area (Å²) in [6.45, 7) is 2.48. The number of hydrogen-bond acceptors (Lipinski definition) is 7. The molecule has 0 N–H and O–H groups in total. The average molecular weight is 452 g/mol. The number of amides is 1. The Hall–Kier alpha value is -3.31. The molecule has 0 bridgehead atoms. The Morgan fingerprint density at radius 1 is 1.09 bits per heavy atom. The van der Waals surface area contributed by atoms with E-state index < -0.39 is 0 Å². The Balaban J connectivity index is 1.71. The van der Waals surface area contributed by atoms with Crippen LogP contribution in [0.5, 0.6) is 17.2 Å². The lowest BCUT2D eigenvalue weighted by Crippen LogP contribution is -2.47. The molecule has 0 saturated carbocycles. The normalized spacial score (nSPS) is 18.2. The van der Waals surface area contributed by atoms with Crippen molar-refractivity contribution in [3.8, 4) is 23.3 Å². The van der Waals surface area contributed by atoms with Gasteiger partial charge in [-0.3, -0.25) is 9.69 Å². The number of carbonyl (C=O) groups is 1. The largest absolute Gasteiger partial charge is 0.493 e. The molecule has 2 heterocycles. The highest BCUT2D eigenvalue weighted by atomic mass is 32.2. The Labute approximate surface area is 192 Å². The van der Waals surface area contributed by atoms with Crippen LogP contribution in [0.3, 0.4) is 0 Å². The minimum Gasteiger partial charge on any atom is -0.493 e. The SMILES string of the molecule is COc1cc([C@H]2CC(=O)N3CN(c4cccc(C)c4)CSC3=C2C#N)cc(OC)c1OC. The van der Waals surface area contributed by atoms with E-state index in [4.69, 9.17) is 14.2 Å². The minimum absolute atomic E-state index is 0.0115. The standard InChI is InChI=1S/C24H25N3O4S/c1-15-6-5-7-17(8-15)26-13-27-22(28)11-18(19(12-25)24(27)32-14-26)16-9-20(29-2)23(31-4)21(10-16)30-3/h5-10,18H,11,13-14H2,1-4H3/t18-/m1/s1. The smallest absolute Gasteiger partial charge is 0.229 e. The molecule has 7 nitrogen and oxygen atoms in total. The van der Waals surface area contributed by atoms with E-state index in [0.29, 0.717) is 35.4 Å². The lowest BCUT2D eigenvalue weighted by Gasteiger charge is -2.42. The molecule has 0 aliphatic carbocycles. The number of anilines is 1. The summed E-state index contributed by atoms with van der Waals surface area (Å²) < 4.78 is 16.4. The second-order valence-corrected chi connectivity index (χ2v) is 8.60. The third kappa shape index (κ3) is 3.84. The summed E-state index contributed by atoms with van der Waals surface area (Å²) >= 11 is 1.52. The zero-order valence-corrected chi connectivity index (χ0v) is 19.4. The lowest BCUT2D eigenvalue weighted by atomic mass is 9.86. The predicted molar refractivity (Wildman–Crippen MR) is 124 cm³/mol. The fourth-order valence-corrected chi connectivity index (χ4v) is 5.31. The number of rotatable bonds is 5. The summed E-state index contributed by atoms with van der Waals surface area (Å²) in [5.74, 6) is 1.76. The number of ether oxygens (including phenoxy) is 3. The second-order valence-electron chi connectivity index (χ2n) is 7.66. The maximum atomic E-state index is 13.2. The molecular weight excluding hydrogens is 426 g/mol. The van der Waals surface area contributed by atoms with Crippen molar-refractivity contribution < 1.29 is 19.0 Å². The molecule has 2 aromatic rings. The summed E-state index contributed by atoms with van der Waals surface area (Å²) in [4.78, 5) is 17.1. The number of carbonyl (C=O) groups excluding carboxylic acids is 1. The first-order valence-corrected chi connectivity index (χ1v) is 11.2. The molecule has 0 unspecified atom stereocenters. The highest BCUT2D eigenvalue weighted by Crippen LogP contribution is 2.47. The van der Waals surface area contributed by atoms with E-state index >= 15 is 0 Å². The van der Waals surface area contributed by atoms with Crippen LogP contribution >= 0.6 is 11.8 Å². The molecular formula is C24H25N3O4S. The molecule has 2 aliphatic rings. The minimum atomic E-state index is -0.370. The molecule has 1 saturated heterocycles. The van der Waals surface area contributed by atoms with E-state index in [1.807, 2.05) is 37.3 Å². The van der Waals surface area contributed by atoms with Crippen LogP contribution in [0.25, 0.3) is 0 Å². The Morgan fingerprint density at radius 2 is 1.81 bits per heavy atom. The third-order valence-corrected chi connectivity index (χ3v) is 6.90. The van der Waals surface area contributed by atoms with Gasteiger partial charge in [0.25, 0.3) is 0 Å². The number of fused-ring (bicyclic) bond motifs is 1. The maximum Gasteiger partial charge on any atom is 0.229 e. The van der Waals surface area contributed by atoms with Crippen molar-refractivity contribution in [3.05, 3.63) is 58.1 Å². The van der Waals surface area contributed by atoms with E-state index in [1.165, 1.54) is 17.3 Å². The molecule has 2 aromatic carbocycles. The molecule has 8 heteroatoms. The van der Waals surface area contributed by atoms with Crippen LogP contribution in [0.15, 0.2) is 47.0 Å². The summed E-state index contributed by atoms with van der Waals surface area (Å²) in [6, 6.07) is 14.2. The number of methoxy groups -OCH3 is 3. The van der Waals surface area contributed by atoms with Gasteiger partial charge in [-0.15, -0.1) is 0 Å². The number of benzene rings is 2. The van der Waals surface area contributed by atoms with Gasteiger partial charge in [0.15, 0.2) is 11.5 Å². The van der Waals surface area contributed by atoms with Gasteiger partial charge in [0, 0.05) is 18.0 Å². The molecule has 1 atom stereocenters. The molecule has 32 heavy (non-hydrogen) atoms. The molecule has 166 valence electrons. The summed E-state index contributed by atoms with van der Waals surface area (Å²) in [6.07, 6.45) is 0.202. The van der Waals surface area contributed by atoms with E-state index in [1.54, 1.807) is 26.2 Å². The van der Waals surface area contributed by atoms with Gasteiger partial charge in [0.1, 0.15) is 0 Å². The van der Waals surface area contributed by atoms with Crippen molar-refractivity contribution in [2.24, 2.45) is 0 Å². The molecule has 2 aliphatic heterocycles. The average Bonchev–Trinajstić information content (AvgIpc) is 2.82. The van der Waals surface area contributed by atoms with Crippen LogP contribution < -0.4 is 19.1 Å². The highest BCUT2D eigenvalue weighted by Gasteiger charge is 2.39.